The van der Waals surface area contributed by atoms with Crippen molar-refractivity contribution in [2.45, 2.75) is 44.6 Å². The molecule has 29 heavy (non-hydrogen) atoms. The van der Waals surface area contributed by atoms with Gasteiger partial charge in [-0.25, -0.2) is 0 Å². The van der Waals surface area contributed by atoms with Crippen LogP contribution in [0.5, 0.6) is 0 Å². The minimum absolute atomic E-state index is 0.0351. The van der Waals surface area contributed by atoms with Crippen molar-refractivity contribution in [3.05, 3.63) is 48.2 Å². The first kappa shape index (κ1) is 19.5. The van der Waals surface area contributed by atoms with Crippen LogP contribution in [0.15, 0.2) is 41.3 Å². The van der Waals surface area contributed by atoms with Crippen LogP contribution in [-0.4, -0.2) is 58.8 Å². The molecule has 1 aliphatic carbocycles. The van der Waals surface area contributed by atoms with E-state index in [1.165, 1.54) is 44.8 Å². The maximum Gasteiger partial charge on any atom is 0.289 e. The van der Waals surface area contributed by atoms with E-state index in [1.54, 1.807) is 34.3 Å². The lowest BCUT2D eigenvalue weighted by atomic mass is 10.1. The van der Waals surface area contributed by atoms with Crippen molar-refractivity contribution in [2.24, 2.45) is 0 Å². The van der Waals surface area contributed by atoms with Gasteiger partial charge in [0.05, 0.1) is 17.5 Å². The number of rotatable bonds is 4. The molecular formula is C22H28N4O3. The standard InChI is InChI=1S/C22H28N4O3/c27-21(25-9-11-26(12-10-25)22(28)20-8-5-13-29-20)17-14-19(16-23-15-17)24-18-6-3-1-2-4-7-18/h5,8,13-16,18,24H,1-4,6-7,9-12H2. The molecule has 0 aromatic carbocycles. The van der Waals surface area contributed by atoms with E-state index in [4.69, 9.17) is 4.42 Å². The van der Waals surface area contributed by atoms with Crippen LogP contribution in [0, 0.1) is 0 Å². The minimum atomic E-state index is -0.127. The molecule has 0 bridgehead atoms. The normalized spacial score (nSPS) is 18.3. The van der Waals surface area contributed by atoms with Gasteiger partial charge in [0, 0.05) is 44.6 Å². The van der Waals surface area contributed by atoms with Crippen LogP contribution in [0.4, 0.5) is 5.69 Å². The van der Waals surface area contributed by atoms with E-state index >= 15 is 0 Å². The first-order valence-electron chi connectivity index (χ1n) is 10.5. The molecule has 3 heterocycles. The molecule has 2 aromatic heterocycles. The summed E-state index contributed by atoms with van der Waals surface area (Å²) in [6.45, 7) is 2.01. The zero-order valence-corrected chi connectivity index (χ0v) is 16.7. The average Bonchev–Trinajstić information content (AvgIpc) is 3.18. The summed E-state index contributed by atoms with van der Waals surface area (Å²) >= 11 is 0. The van der Waals surface area contributed by atoms with E-state index in [0.717, 1.165) is 5.69 Å². The number of amides is 2. The molecule has 1 saturated heterocycles. The van der Waals surface area contributed by atoms with Crippen molar-refractivity contribution in [3.8, 4) is 0 Å². The first-order valence-corrected chi connectivity index (χ1v) is 10.5. The van der Waals surface area contributed by atoms with Crippen LogP contribution in [0.1, 0.15) is 59.4 Å². The maximum absolute atomic E-state index is 12.9. The van der Waals surface area contributed by atoms with Gasteiger partial charge in [0.15, 0.2) is 5.76 Å². The smallest absolute Gasteiger partial charge is 0.289 e. The van der Waals surface area contributed by atoms with Gasteiger partial charge in [-0.1, -0.05) is 25.7 Å². The average molecular weight is 396 g/mol. The van der Waals surface area contributed by atoms with Crippen molar-refractivity contribution < 1.29 is 14.0 Å². The zero-order valence-electron chi connectivity index (χ0n) is 16.7. The van der Waals surface area contributed by atoms with Gasteiger partial charge in [0.2, 0.25) is 0 Å². The van der Waals surface area contributed by atoms with Crippen molar-refractivity contribution in [1.82, 2.24) is 14.8 Å². The minimum Gasteiger partial charge on any atom is -0.459 e. The number of pyridine rings is 1. The molecule has 1 aliphatic heterocycles. The Labute approximate surface area is 171 Å². The van der Waals surface area contributed by atoms with Crippen LogP contribution < -0.4 is 5.32 Å². The van der Waals surface area contributed by atoms with Crippen molar-refractivity contribution in [1.29, 1.82) is 0 Å². The predicted molar refractivity (Wildman–Crippen MR) is 110 cm³/mol. The molecule has 1 N–H and O–H groups in total. The number of anilines is 1. The summed E-state index contributed by atoms with van der Waals surface area (Å²) in [6, 6.07) is 5.73. The molecule has 0 spiro atoms. The van der Waals surface area contributed by atoms with Gasteiger partial charge in [-0.05, 0) is 31.0 Å². The Morgan fingerprint density at radius 3 is 2.31 bits per heavy atom. The Hall–Kier alpha value is -2.83. The highest BCUT2D eigenvalue weighted by atomic mass is 16.3. The number of carbonyl (C=O) groups excluding carboxylic acids is 2. The number of hydrogen-bond acceptors (Lipinski definition) is 5. The van der Waals surface area contributed by atoms with Gasteiger partial charge < -0.3 is 19.5 Å². The molecule has 2 aliphatic rings. The summed E-state index contributed by atoms with van der Waals surface area (Å²) in [7, 11) is 0. The highest BCUT2D eigenvalue weighted by Crippen LogP contribution is 2.22. The van der Waals surface area contributed by atoms with Gasteiger partial charge in [0.1, 0.15) is 0 Å². The Bertz CT molecular complexity index is 820. The van der Waals surface area contributed by atoms with E-state index in [-0.39, 0.29) is 11.8 Å². The van der Waals surface area contributed by atoms with Gasteiger partial charge >= 0.3 is 0 Å². The molecule has 2 fully saturated rings. The summed E-state index contributed by atoms with van der Waals surface area (Å²) in [5.41, 5.74) is 1.50. The lowest BCUT2D eigenvalue weighted by molar-refractivity contribution is 0.0518. The third-order valence-electron chi connectivity index (χ3n) is 5.80. The predicted octanol–water partition coefficient (Wildman–Crippen LogP) is 3.41. The molecule has 0 unspecified atom stereocenters. The van der Waals surface area contributed by atoms with Gasteiger partial charge in [-0.3, -0.25) is 14.6 Å². The van der Waals surface area contributed by atoms with Crippen molar-refractivity contribution in [3.63, 3.8) is 0 Å². The van der Waals surface area contributed by atoms with Crippen LogP contribution >= 0.6 is 0 Å². The number of nitrogens with zero attached hydrogens (tertiary/aromatic N) is 3. The van der Waals surface area contributed by atoms with Gasteiger partial charge in [0.25, 0.3) is 11.8 Å². The maximum atomic E-state index is 12.9. The van der Waals surface area contributed by atoms with Crippen LogP contribution in [0.2, 0.25) is 0 Å². The fraction of sp³-hybridized carbons (Fsp3) is 0.500. The highest BCUT2D eigenvalue weighted by molar-refractivity contribution is 5.95. The molecule has 154 valence electrons. The lowest BCUT2D eigenvalue weighted by Crippen LogP contribution is -2.50. The van der Waals surface area contributed by atoms with Crippen molar-refractivity contribution >= 4 is 17.5 Å². The number of aromatic nitrogens is 1. The monoisotopic (exact) mass is 396 g/mol. The molecule has 2 amide bonds. The second-order valence-corrected chi connectivity index (χ2v) is 7.86. The second kappa shape index (κ2) is 9.11. The number of piperazine rings is 1. The number of nitrogens with one attached hydrogen (secondary N) is 1. The van der Waals surface area contributed by atoms with Crippen LogP contribution in [0.25, 0.3) is 0 Å². The fourth-order valence-electron chi connectivity index (χ4n) is 4.15. The topological polar surface area (TPSA) is 78.7 Å². The molecular weight excluding hydrogens is 368 g/mol. The third kappa shape index (κ3) is 4.78. The van der Waals surface area contributed by atoms with Crippen LogP contribution in [0.3, 0.4) is 0 Å². The summed E-state index contributed by atoms with van der Waals surface area (Å²) in [4.78, 5) is 33.1. The van der Waals surface area contributed by atoms with Crippen LogP contribution in [-0.2, 0) is 0 Å². The summed E-state index contributed by atoms with van der Waals surface area (Å²) in [6.07, 6.45) is 12.4. The molecule has 1 saturated carbocycles. The number of hydrogen-bond donors (Lipinski definition) is 1. The van der Waals surface area contributed by atoms with E-state index < -0.39 is 0 Å². The van der Waals surface area contributed by atoms with E-state index in [1.807, 2.05) is 6.07 Å². The fourth-order valence-corrected chi connectivity index (χ4v) is 4.15. The molecule has 0 radical (unpaired) electrons. The summed E-state index contributed by atoms with van der Waals surface area (Å²) in [5, 5.41) is 3.56. The van der Waals surface area contributed by atoms with Crippen molar-refractivity contribution in [2.75, 3.05) is 31.5 Å². The first-order chi connectivity index (χ1) is 14.2. The molecule has 0 atom stereocenters. The highest BCUT2D eigenvalue weighted by Gasteiger charge is 2.27. The van der Waals surface area contributed by atoms with Gasteiger partial charge in [-0.15, -0.1) is 0 Å². The Morgan fingerprint density at radius 1 is 0.966 bits per heavy atom. The third-order valence-corrected chi connectivity index (χ3v) is 5.80. The lowest BCUT2D eigenvalue weighted by Gasteiger charge is -2.34. The second-order valence-electron chi connectivity index (χ2n) is 7.86. The molecule has 7 nitrogen and oxygen atoms in total. The molecule has 4 rings (SSSR count). The van der Waals surface area contributed by atoms with E-state index in [9.17, 15) is 9.59 Å². The quantitative estimate of drug-likeness (QED) is 0.802. The number of carbonyl (C=O) groups is 2. The van der Waals surface area contributed by atoms with E-state index in [2.05, 4.69) is 10.3 Å². The van der Waals surface area contributed by atoms with E-state index in [0.29, 0.717) is 43.5 Å². The summed E-state index contributed by atoms with van der Waals surface area (Å²) in [5.74, 6) is 0.178. The molecule has 2 aromatic rings. The Balaban J connectivity index is 1.34. The Kier molecular flexibility index (Phi) is 6.12. The SMILES string of the molecule is O=C(c1cncc(NC2CCCCCC2)c1)N1CCN(C(=O)c2ccco2)CC1. The number of furan rings is 1. The summed E-state index contributed by atoms with van der Waals surface area (Å²) < 4.78 is 5.19. The Morgan fingerprint density at radius 2 is 1.66 bits per heavy atom. The molecule has 7 heteroatoms. The van der Waals surface area contributed by atoms with Gasteiger partial charge in [-0.2, -0.15) is 0 Å². The zero-order chi connectivity index (χ0) is 20.1. The largest absolute Gasteiger partial charge is 0.459 e.